The number of hydrogen-bond donors (Lipinski definition) is 0. The van der Waals surface area contributed by atoms with Crippen molar-refractivity contribution >= 4 is 12.0 Å². The lowest BCUT2D eigenvalue weighted by atomic mass is 10.2. The van der Waals surface area contributed by atoms with E-state index in [0.717, 1.165) is 11.3 Å². The summed E-state index contributed by atoms with van der Waals surface area (Å²) < 4.78 is 21.0. The Morgan fingerprint density at radius 2 is 1.88 bits per heavy atom. The number of nitriles is 1. The highest BCUT2D eigenvalue weighted by Crippen LogP contribution is 2.28. The molecule has 0 saturated carbocycles. The lowest BCUT2D eigenvalue weighted by Crippen LogP contribution is -2.10. The van der Waals surface area contributed by atoms with Crippen molar-refractivity contribution in [2.24, 2.45) is 0 Å². The molecule has 2 aromatic rings. The molecule has 0 aromatic heterocycles. The molecule has 6 heteroatoms. The molecule has 26 heavy (non-hydrogen) atoms. The molecule has 0 aliphatic rings. The SMILES string of the molecule is COc1cc(/C=C/C(=O)OCCOc2ccccc2)ccc1OCC#N. The first-order valence-electron chi connectivity index (χ1n) is 7.93. The lowest BCUT2D eigenvalue weighted by molar-refractivity contribution is -0.138. The van der Waals surface area contributed by atoms with Crippen LogP contribution in [-0.4, -0.2) is 32.9 Å². The van der Waals surface area contributed by atoms with Crippen molar-refractivity contribution in [2.75, 3.05) is 26.9 Å². The molecule has 0 unspecified atom stereocenters. The molecule has 0 atom stereocenters. The van der Waals surface area contributed by atoms with E-state index in [-0.39, 0.29) is 19.8 Å². The summed E-state index contributed by atoms with van der Waals surface area (Å²) in [6.07, 6.45) is 2.93. The minimum absolute atomic E-state index is 0.0665. The average Bonchev–Trinajstić information content (AvgIpc) is 2.69. The highest BCUT2D eigenvalue weighted by molar-refractivity contribution is 5.87. The summed E-state index contributed by atoms with van der Waals surface area (Å²) in [7, 11) is 1.50. The third-order valence-electron chi connectivity index (χ3n) is 3.23. The lowest BCUT2D eigenvalue weighted by Gasteiger charge is -2.08. The van der Waals surface area contributed by atoms with Crippen molar-refractivity contribution in [3.63, 3.8) is 0 Å². The zero-order valence-electron chi connectivity index (χ0n) is 14.4. The molecule has 0 fully saturated rings. The number of rotatable bonds is 9. The number of methoxy groups -OCH3 is 1. The van der Waals surface area contributed by atoms with Crippen LogP contribution >= 0.6 is 0 Å². The number of carbonyl (C=O) groups is 1. The normalized spacial score (nSPS) is 10.2. The Kier molecular flexibility index (Phi) is 7.56. The minimum Gasteiger partial charge on any atom is -0.493 e. The maximum absolute atomic E-state index is 11.7. The molecule has 0 radical (unpaired) electrons. The van der Waals surface area contributed by atoms with Gasteiger partial charge in [-0.15, -0.1) is 0 Å². The van der Waals surface area contributed by atoms with Gasteiger partial charge in [0, 0.05) is 6.08 Å². The number of nitrogens with zero attached hydrogens (tertiary/aromatic N) is 1. The average molecular weight is 353 g/mol. The Bertz CT molecular complexity index is 781. The van der Waals surface area contributed by atoms with Crippen LogP contribution < -0.4 is 14.2 Å². The zero-order valence-corrected chi connectivity index (χ0v) is 14.4. The van der Waals surface area contributed by atoms with Crippen LogP contribution in [0.1, 0.15) is 5.56 Å². The van der Waals surface area contributed by atoms with E-state index in [9.17, 15) is 4.79 Å². The molecule has 6 nitrogen and oxygen atoms in total. The molecule has 0 heterocycles. The standard InChI is InChI=1S/C20H19NO5/c1-23-19-15-16(7-9-18(19)25-12-11-21)8-10-20(22)26-14-13-24-17-5-3-2-4-6-17/h2-10,15H,12-14H2,1H3/b10-8+. The Morgan fingerprint density at radius 1 is 1.08 bits per heavy atom. The fourth-order valence-corrected chi connectivity index (χ4v) is 2.05. The van der Waals surface area contributed by atoms with E-state index in [4.69, 9.17) is 24.2 Å². The quantitative estimate of drug-likeness (QED) is 0.391. The van der Waals surface area contributed by atoms with Gasteiger partial charge in [-0.05, 0) is 35.9 Å². The molecular weight excluding hydrogens is 334 g/mol. The van der Waals surface area contributed by atoms with Crippen molar-refractivity contribution in [1.82, 2.24) is 0 Å². The Hall–Kier alpha value is -3.46. The third-order valence-corrected chi connectivity index (χ3v) is 3.23. The van der Waals surface area contributed by atoms with Crippen molar-refractivity contribution < 1.29 is 23.7 Å². The predicted octanol–water partition coefficient (Wildman–Crippen LogP) is 3.23. The van der Waals surface area contributed by atoms with Gasteiger partial charge in [0.25, 0.3) is 0 Å². The summed E-state index contributed by atoms with van der Waals surface area (Å²) in [6.45, 7) is 0.369. The number of benzene rings is 2. The molecule has 0 amide bonds. The van der Waals surface area contributed by atoms with Gasteiger partial charge in [-0.1, -0.05) is 24.3 Å². The van der Waals surface area contributed by atoms with E-state index in [1.54, 1.807) is 24.3 Å². The number of hydrogen-bond acceptors (Lipinski definition) is 6. The monoisotopic (exact) mass is 353 g/mol. The zero-order chi connectivity index (χ0) is 18.6. The molecule has 134 valence electrons. The fraction of sp³-hybridized carbons (Fsp3) is 0.200. The highest BCUT2D eigenvalue weighted by atomic mass is 16.6. The Balaban J connectivity index is 1.80. The molecule has 2 rings (SSSR count). The summed E-state index contributed by atoms with van der Waals surface area (Å²) in [5.74, 6) is 1.20. The van der Waals surface area contributed by atoms with E-state index in [0.29, 0.717) is 11.5 Å². The van der Waals surface area contributed by atoms with Crippen LogP contribution in [0.15, 0.2) is 54.6 Å². The molecule has 0 aliphatic heterocycles. The van der Waals surface area contributed by atoms with Crippen LogP contribution in [0, 0.1) is 11.3 Å². The largest absolute Gasteiger partial charge is 0.493 e. The van der Waals surface area contributed by atoms with E-state index in [2.05, 4.69) is 0 Å². The second kappa shape index (κ2) is 10.4. The number of esters is 1. The molecule has 0 N–H and O–H groups in total. The molecule has 2 aromatic carbocycles. The van der Waals surface area contributed by atoms with Crippen LogP contribution in [0.2, 0.25) is 0 Å². The van der Waals surface area contributed by atoms with Crippen LogP contribution in [0.5, 0.6) is 17.2 Å². The smallest absolute Gasteiger partial charge is 0.330 e. The van der Waals surface area contributed by atoms with Crippen molar-refractivity contribution in [3.8, 4) is 23.3 Å². The van der Waals surface area contributed by atoms with Crippen molar-refractivity contribution in [1.29, 1.82) is 5.26 Å². The van der Waals surface area contributed by atoms with Gasteiger partial charge >= 0.3 is 5.97 Å². The molecule has 0 spiro atoms. The second-order valence-electron chi connectivity index (χ2n) is 5.02. The predicted molar refractivity (Wildman–Crippen MR) is 96.0 cm³/mol. The van der Waals surface area contributed by atoms with Crippen LogP contribution in [0.4, 0.5) is 0 Å². The Labute approximate surface area is 152 Å². The van der Waals surface area contributed by atoms with Crippen LogP contribution in [-0.2, 0) is 9.53 Å². The first kappa shape index (κ1) is 18.9. The highest BCUT2D eigenvalue weighted by Gasteiger charge is 2.05. The summed E-state index contributed by atoms with van der Waals surface area (Å²) >= 11 is 0. The second-order valence-corrected chi connectivity index (χ2v) is 5.02. The maximum atomic E-state index is 11.7. The van der Waals surface area contributed by atoms with Gasteiger partial charge in [-0.2, -0.15) is 5.26 Å². The molecule has 0 aliphatic carbocycles. The minimum atomic E-state index is -0.467. The fourth-order valence-electron chi connectivity index (χ4n) is 2.05. The van der Waals surface area contributed by atoms with Crippen LogP contribution in [0.3, 0.4) is 0 Å². The third kappa shape index (κ3) is 6.21. The van der Waals surface area contributed by atoms with E-state index in [1.165, 1.54) is 13.2 Å². The number of carbonyl (C=O) groups excluding carboxylic acids is 1. The summed E-state index contributed by atoms with van der Waals surface area (Å²) in [4.78, 5) is 11.7. The van der Waals surface area contributed by atoms with Gasteiger partial charge in [-0.3, -0.25) is 0 Å². The van der Waals surface area contributed by atoms with Gasteiger partial charge < -0.3 is 18.9 Å². The van der Waals surface area contributed by atoms with E-state index >= 15 is 0 Å². The summed E-state index contributed by atoms with van der Waals surface area (Å²) in [5.41, 5.74) is 0.739. The van der Waals surface area contributed by atoms with Crippen molar-refractivity contribution in [2.45, 2.75) is 0 Å². The van der Waals surface area contributed by atoms with Gasteiger partial charge in [0.15, 0.2) is 18.1 Å². The molecule has 0 bridgehead atoms. The van der Waals surface area contributed by atoms with Gasteiger partial charge in [0.05, 0.1) is 7.11 Å². The summed E-state index contributed by atoms with van der Waals surface area (Å²) in [6, 6.07) is 16.3. The van der Waals surface area contributed by atoms with Gasteiger partial charge in [-0.25, -0.2) is 4.79 Å². The molecule has 0 saturated heterocycles. The maximum Gasteiger partial charge on any atom is 0.330 e. The van der Waals surface area contributed by atoms with E-state index < -0.39 is 5.97 Å². The summed E-state index contributed by atoms with van der Waals surface area (Å²) in [5, 5.41) is 8.56. The Morgan fingerprint density at radius 3 is 2.62 bits per heavy atom. The van der Waals surface area contributed by atoms with E-state index in [1.807, 2.05) is 36.4 Å². The topological polar surface area (TPSA) is 77.8 Å². The van der Waals surface area contributed by atoms with Gasteiger partial charge in [0.1, 0.15) is 25.0 Å². The first-order chi connectivity index (χ1) is 12.7. The van der Waals surface area contributed by atoms with Crippen LogP contribution in [0.25, 0.3) is 6.08 Å². The first-order valence-corrected chi connectivity index (χ1v) is 7.93. The van der Waals surface area contributed by atoms with Gasteiger partial charge in [0.2, 0.25) is 0 Å². The number of ether oxygens (including phenoxy) is 4. The van der Waals surface area contributed by atoms with Crippen molar-refractivity contribution in [3.05, 3.63) is 60.2 Å². The molecular formula is C20H19NO5. The number of para-hydroxylation sites is 1.